The summed E-state index contributed by atoms with van der Waals surface area (Å²) >= 11 is 0. The molecule has 1 aromatic rings. The fourth-order valence-corrected chi connectivity index (χ4v) is 1.38. The molecule has 0 saturated carbocycles. The molecule has 86 valence electrons. The van der Waals surface area contributed by atoms with Crippen molar-refractivity contribution >= 4 is 17.6 Å². The highest BCUT2D eigenvalue weighted by molar-refractivity contribution is 6.01. The van der Waals surface area contributed by atoms with Crippen molar-refractivity contribution < 1.29 is 19.4 Å². The molecule has 0 bridgehead atoms. The lowest BCUT2D eigenvalue weighted by Gasteiger charge is -2.12. The minimum Gasteiger partial charge on any atom is -0.497 e. The molecule has 0 saturated heterocycles. The summed E-state index contributed by atoms with van der Waals surface area (Å²) in [6, 6.07) is 3.04. The number of rotatable bonds is 3. The van der Waals surface area contributed by atoms with Crippen LogP contribution in [-0.2, 0) is 4.79 Å². The standard InChI is InChI=1S/C11H13NO4/c1-6-4-8(16-3)5-9(11(14)15)10(6)12-7(2)13/h4-5H,1-3H3,(H,12,13)(H,14,15). The van der Waals surface area contributed by atoms with Crippen LogP contribution in [0, 0.1) is 6.92 Å². The summed E-state index contributed by atoms with van der Waals surface area (Å²) in [5, 5.41) is 11.5. The van der Waals surface area contributed by atoms with Gasteiger partial charge in [0, 0.05) is 6.92 Å². The van der Waals surface area contributed by atoms with Gasteiger partial charge in [-0.15, -0.1) is 0 Å². The van der Waals surface area contributed by atoms with Gasteiger partial charge < -0.3 is 15.2 Å². The summed E-state index contributed by atoms with van der Waals surface area (Å²) in [6.07, 6.45) is 0. The SMILES string of the molecule is COc1cc(C)c(NC(C)=O)c(C(=O)O)c1. The van der Waals surface area contributed by atoms with E-state index in [2.05, 4.69) is 5.32 Å². The molecule has 0 aliphatic heterocycles. The van der Waals surface area contributed by atoms with Gasteiger partial charge >= 0.3 is 5.97 Å². The van der Waals surface area contributed by atoms with Crippen LogP contribution in [0.2, 0.25) is 0 Å². The molecule has 0 radical (unpaired) electrons. The van der Waals surface area contributed by atoms with Crippen molar-refractivity contribution in [1.29, 1.82) is 0 Å². The van der Waals surface area contributed by atoms with Crippen LogP contribution < -0.4 is 10.1 Å². The zero-order chi connectivity index (χ0) is 12.3. The average Bonchev–Trinajstić information content (AvgIpc) is 2.19. The fourth-order valence-electron chi connectivity index (χ4n) is 1.38. The molecule has 0 spiro atoms. The Hall–Kier alpha value is -2.04. The first-order valence-electron chi connectivity index (χ1n) is 4.65. The quantitative estimate of drug-likeness (QED) is 0.817. The minimum absolute atomic E-state index is 0.0204. The highest BCUT2D eigenvalue weighted by Crippen LogP contribution is 2.26. The van der Waals surface area contributed by atoms with Gasteiger partial charge in [0.15, 0.2) is 0 Å². The van der Waals surface area contributed by atoms with Crippen LogP contribution in [0.1, 0.15) is 22.8 Å². The van der Waals surface area contributed by atoms with E-state index in [0.29, 0.717) is 17.0 Å². The number of carboxylic acids is 1. The van der Waals surface area contributed by atoms with Crippen LogP contribution in [0.4, 0.5) is 5.69 Å². The first kappa shape index (κ1) is 12.0. The number of carbonyl (C=O) groups is 2. The van der Waals surface area contributed by atoms with Gasteiger partial charge in [-0.2, -0.15) is 0 Å². The highest BCUT2D eigenvalue weighted by Gasteiger charge is 2.15. The van der Waals surface area contributed by atoms with Crippen LogP contribution in [0.25, 0.3) is 0 Å². The minimum atomic E-state index is -1.11. The lowest BCUT2D eigenvalue weighted by molar-refractivity contribution is -0.114. The largest absolute Gasteiger partial charge is 0.497 e. The number of hydrogen-bond acceptors (Lipinski definition) is 3. The number of anilines is 1. The van der Waals surface area contributed by atoms with Crippen molar-refractivity contribution in [1.82, 2.24) is 0 Å². The first-order valence-corrected chi connectivity index (χ1v) is 4.65. The van der Waals surface area contributed by atoms with Crippen molar-refractivity contribution in [3.8, 4) is 5.75 Å². The maximum atomic E-state index is 11.0. The molecule has 0 aliphatic rings. The summed E-state index contributed by atoms with van der Waals surface area (Å²) in [5.41, 5.74) is 0.972. The van der Waals surface area contributed by atoms with E-state index in [-0.39, 0.29) is 11.5 Å². The lowest BCUT2D eigenvalue weighted by atomic mass is 10.1. The number of nitrogens with one attached hydrogen (secondary N) is 1. The van der Waals surface area contributed by atoms with E-state index < -0.39 is 5.97 Å². The van der Waals surface area contributed by atoms with Crippen LogP contribution in [0.3, 0.4) is 0 Å². The van der Waals surface area contributed by atoms with Gasteiger partial charge in [-0.3, -0.25) is 4.79 Å². The van der Waals surface area contributed by atoms with Crippen molar-refractivity contribution in [3.63, 3.8) is 0 Å². The Kier molecular flexibility index (Phi) is 3.50. The fraction of sp³-hybridized carbons (Fsp3) is 0.273. The third-order valence-electron chi connectivity index (χ3n) is 2.08. The molecule has 5 nitrogen and oxygen atoms in total. The monoisotopic (exact) mass is 223 g/mol. The van der Waals surface area contributed by atoms with Crippen LogP contribution in [-0.4, -0.2) is 24.1 Å². The van der Waals surface area contributed by atoms with Gasteiger partial charge in [0.25, 0.3) is 0 Å². The van der Waals surface area contributed by atoms with Crippen molar-refractivity contribution in [2.45, 2.75) is 13.8 Å². The molecule has 16 heavy (non-hydrogen) atoms. The Morgan fingerprint density at radius 3 is 2.44 bits per heavy atom. The Bertz CT molecular complexity index is 440. The van der Waals surface area contributed by atoms with E-state index in [0.717, 1.165) is 0 Å². The number of aromatic carboxylic acids is 1. The maximum Gasteiger partial charge on any atom is 0.337 e. The maximum absolute atomic E-state index is 11.0. The van der Waals surface area contributed by atoms with Gasteiger partial charge in [0.2, 0.25) is 5.91 Å². The third kappa shape index (κ3) is 2.50. The summed E-state index contributed by atoms with van der Waals surface area (Å²) in [4.78, 5) is 22.0. The van der Waals surface area contributed by atoms with Gasteiger partial charge in [0.1, 0.15) is 5.75 Å². The summed E-state index contributed by atoms with van der Waals surface area (Å²) in [7, 11) is 1.46. The zero-order valence-electron chi connectivity index (χ0n) is 9.33. The molecule has 0 aliphatic carbocycles. The van der Waals surface area contributed by atoms with E-state index in [1.165, 1.54) is 20.1 Å². The molecule has 0 atom stereocenters. The Morgan fingerprint density at radius 1 is 1.38 bits per heavy atom. The van der Waals surface area contributed by atoms with E-state index in [1.54, 1.807) is 13.0 Å². The average molecular weight is 223 g/mol. The number of amides is 1. The number of carboxylic acid groups (broad SMARTS) is 1. The van der Waals surface area contributed by atoms with Gasteiger partial charge in [0.05, 0.1) is 18.4 Å². The number of benzene rings is 1. The molecule has 1 rings (SSSR count). The molecule has 0 unspecified atom stereocenters. The topological polar surface area (TPSA) is 75.6 Å². The number of ether oxygens (including phenoxy) is 1. The Balaban J connectivity index is 3.33. The molecule has 2 N–H and O–H groups in total. The van der Waals surface area contributed by atoms with Crippen molar-refractivity contribution in [2.75, 3.05) is 12.4 Å². The van der Waals surface area contributed by atoms with E-state index in [4.69, 9.17) is 9.84 Å². The second-order valence-corrected chi connectivity index (χ2v) is 3.35. The summed E-state index contributed by atoms with van der Waals surface area (Å²) in [6.45, 7) is 3.04. The van der Waals surface area contributed by atoms with Crippen molar-refractivity contribution in [3.05, 3.63) is 23.3 Å². The smallest absolute Gasteiger partial charge is 0.337 e. The molecular formula is C11H13NO4. The Labute approximate surface area is 93.0 Å². The molecule has 0 fully saturated rings. The lowest BCUT2D eigenvalue weighted by Crippen LogP contribution is -2.12. The van der Waals surface area contributed by atoms with E-state index in [9.17, 15) is 9.59 Å². The van der Waals surface area contributed by atoms with Crippen molar-refractivity contribution in [2.24, 2.45) is 0 Å². The van der Waals surface area contributed by atoms with Gasteiger partial charge in [-0.1, -0.05) is 0 Å². The van der Waals surface area contributed by atoms with E-state index >= 15 is 0 Å². The molecule has 5 heteroatoms. The van der Waals surface area contributed by atoms with Gasteiger partial charge in [-0.05, 0) is 24.6 Å². The molecular weight excluding hydrogens is 210 g/mol. The number of methoxy groups -OCH3 is 1. The molecule has 1 amide bonds. The zero-order valence-corrected chi connectivity index (χ0v) is 9.33. The molecule has 0 heterocycles. The van der Waals surface area contributed by atoms with Crippen LogP contribution >= 0.6 is 0 Å². The predicted molar refractivity (Wildman–Crippen MR) is 59.0 cm³/mol. The van der Waals surface area contributed by atoms with Crippen LogP contribution in [0.15, 0.2) is 12.1 Å². The van der Waals surface area contributed by atoms with Gasteiger partial charge in [-0.25, -0.2) is 4.79 Å². The number of hydrogen-bond donors (Lipinski definition) is 2. The normalized spacial score (nSPS) is 9.69. The van der Waals surface area contributed by atoms with E-state index in [1.807, 2.05) is 0 Å². The third-order valence-corrected chi connectivity index (χ3v) is 2.08. The second-order valence-electron chi connectivity index (χ2n) is 3.35. The molecule has 1 aromatic carbocycles. The number of carbonyl (C=O) groups excluding carboxylic acids is 1. The first-order chi connectivity index (χ1) is 7.45. The summed E-state index contributed by atoms with van der Waals surface area (Å²) < 4.78 is 4.97. The van der Waals surface area contributed by atoms with Crippen LogP contribution in [0.5, 0.6) is 5.75 Å². The highest BCUT2D eigenvalue weighted by atomic mass is 16.5. The Morgan fingerprint density at radius 2 is 2.00 bits per heavy atom. The second kappa shape index (κ2) is 4.65. The summed E-state index contributed by atoms with van der Waals surface area (Å²) in [5.74, 6) is -0.967. The molecule has 0 aromatic heterocycles. The predicted octanol–water partition coefficient (Wildman–Crippen LogP) is 1.66. The number of aryl methyl sites for hydroxylation is 1.